The summed E-state index contributed by atoms with van der Waals surface area (Å²) in [7, 11) is 0. The van der Waals surface area contributed by atoms with Gasteiger partial charge in [-0.3, -0.25) is 10.1 Å². The molecule has 1 amide bonds. The largest absolute Gasteiger partial charge is 0.319 e. The highest BCUT2D eigenvalue weighted by Crippen LogP contribution is 2.40. The van der Waals surface area contributed by atoms with Crippen LogP contribution in [0.25, 0.3) is 0 Å². The number of hydrogen-bond acceptors (Lipinski definition) is 2. The minimum atomic E-state index is -0.244. The van der Waals surface area contributed by atoms with Gasteiger partial charge in [0.15, 0.2) is 0 Å². The van der Waals surface area contributed by atoms with E-state index in [1.54, 1.807) is 12.1 Å². The second kappa shape index (κ2) is 5.17. The van der Waals surface area contributed by atoms with Gasteiger partial charge in [-0.25, -0.2) is 4.39 Å². The number of amides is 1. The predicted octanol–water partition coefficient (Wildman–Crippen LogP) is 2.83. The first-order valence-corrected chi connectivity index (χ1v) is 7.45. The van der Waals surface area contributed by atoms with Gasteiger partial charge in [0.1, 0.15) is 12.0 Å². The molecule has 1 N–H and O–H groups in total. The molecular weight excluding hydrogens is 255 g/mol. The summed E-state index contributed by atoms with van der Waals surface area (Å²) in [6.07, 6.45) is 3.07. The lowest BCUT2D eigenvalue weighted by atomic mass is 10.1. The average Bonchev–Trinajstić information content (AvgIpc) is 3.23. The molecule has 3 nitrogen and oxygen atoms in total. The summed E-state index contributed by atoms with van der Waals surface area (Å²) in [6, 6.07) is 6.59. The van der Waals surface area contributed by atoms with Gasteiger partial charge < -0.3 is 4.90 Å². The first kappa shape index (κ1) is 13.6. The van der Waals surface area contributed by atoms with E-state index in [9.17, 15) is 9.18 Å². The van der Waals surface area contributed by atoms with Crippen molar-refractivity contribution in [2.75, 3.05) is 0 Å². The van der Waals surface area contributed by atoms with Crippen molar-refractivity contribution in [2.24, 2.45) is 5.92 Å². The van der Waals surface area contributed by atoms with E-state index in [4.69, 9.17) is 0 Å². The Labute approximate surface area is 119 Å². The van der Waals surface area contributed by atoms with Crippen LogP contribution in [-0.2, 0) is 4.79 Å². The van der Waals surface area contributed by atoms with Gasteiger partial charge in [-0.05, 0) is 49.8 Å². The van der Waals surface area contributed by atoms with Gasteiger partial charge in [-0.2, -0.15) is 0 Å². The van der Waals surface area contributed by atoms with Crippen LogP contribution in [0, 0.1) is 11.7 Å². The molecule has 1 aromatic rings. The van der Waals surface area contributed by atoms with E-state index < -0.39 is 0 Å². The van der Waals surface area contributed by atoms with Crippen LogP contribution in [0.5, 0.6) is 0 Å². The Morgan fingerprint density at radius 2 is 2.00 bits per heavy atom. The van der Waals surface area contributed by atoms with E-state index in [1.807, 2.05) is 11.8 Å². The van der Waals surface area contributed by atoms with Gasteiger partial charge in [0.25, 0.3) is 0 Å². The lowest BCUT2D eigenvalue weighted by Crippen LogP contribution is -2.39. The number of benzene rings is 1. The van der Waals surface area contributed by atoms with Gasteiger partial charge in [0.05, 0.1) is 6.04 Å². The zero-order chi connectivity index (χ0) is 14.3. The van der Waals surface area contributed by atoms with Crippen molar-refractivity contribution in [1.82, 2.24) is 10.2 Å². The van der Waals surface area contributed by atoms with E-state index in [2.05, 4.69) is 12.2 Å². The SMILES string of the molecule is CCC1NC(c2ccc(F)cc2)N(C(C)C2CC2)C1=O. The van der Waals surface area contributed by atoms with Crippen LogP contribution in [0.1, 0.15) is 44.8 Å². The van der Waals surface area contributed by atoms with Crippen LogP contribution in [-0.4, -0.2) is 22.9 Å². The summed E-state index contributed by atoms with van der Waals surface area (Å²) >= 11 is 0. The number of nitrogens with zero attached hydrogens (tertiary/aromatic N) is 1. The molecule has 0 spiro atoms. The van der Waals surface area contributed by atoms with Crippen molar-refractivity contribution in [3.63, 3.8) is 0 Å². The molecule has 0 aromatic heterocycles. The van der Waals surface area contributed by atoms with E-state index in [0.717, 1.165) is 12.0 Å². The number of nitrogens with one attached hydrogen (secondary N) is 1. The molecule has 1 saturated carbocycles. The van der Waals surface area contributed by atoms with Gasteiger partial charge >= 0.3 is 0 Å². The van der Waals surface area contributed by atoms with Crippen molar-refractivity contribution < 1.29 is 9.18 Å². The molecule has 2 aliphatic rings. The third-order valence-corrected chi connectivity index (χ3v) is 4.53. The Kier molecular flexibility index (Phi) is 3.50. The number of halogens is 1. The zero-order valence-corrected chi connectivity index (χ0v) is 12.0. The van der Waals surface area contributed by atoms with Crippen LogP contribution >= 0.6 is 0 Å². The molecule has 0 radical (unpaired) electrons. The maximum atomic E-state index is 13.1. The Morgan fingerprint density at radius 3 is 2.55 bits per heavy atom. The molecular formula is C16H21FN2O. The van der Waals surface area contributed by atoms with Crippen molar-refractivity contribution in [3.8, 4) is 0 Å². The Balaban J connectivity index is 1.89. The molecule has 4 heteroatoms. The fourth-order valence-electron chi connectivity index (χ4n) is 3.09. The van der Waals surface area contributed by atoms with Crippen LogP contribution < -0.4 is 5.32 Å². The molecule has 2 fully saturated rings. The molecule has 3 unspecified atom stereocenters. The number of carbonyl (C=O) groups excluding carboxylic acids is 1. The number of carbonyl (C=O) groups is 1. The molecule has 1 heterocycles. The predicted molar refractivity (Wildman–Crippen MR) is 75.4 cm³/mol. The second-order valence-corrected chi connectivity index (χ2v) is 5.91. The summed E-state index contributed by atoms with van der Waals surface area (Å²) < 4.78 is 13.1. The Bertz CT molecular complexity index is 498. The lowest BCUT2D eigenvalue weighted by Gasteiger charge is -2.30. The zero-order valence-electron chi connectivity index (χ0n) is 12.0. The van der Waals surface area contributed by atoms with Crippen LogP contribution in [0.15, 0.2) is 24.3 Å². The van der Waals surface area contributed by atoms with E-state index >= 15 is 0 Å². The molecule has 1 aliphatic heterocycles. The Morgan fingerprint density at radius 1 is 1.35 bits per heavy atom. The third-order valence-electron chi connectivity index (χ3n) is 4.53. The molecule has 3 atom stereocenters. The molecule has 108 valence electrons. The van der Waals surface area contributed by atoms with Gasteiger partial charge in [0.2, 0.25) is 5.91 Å². The normalized spacial score (nSPS) is 27.9. The topological polar surface area (TPSA) is 32.3 Å². The Hall–Kier alpha value is -1.42. The summed E-state index contributed by atoms with van der Waals surface area (Å²) in [5.41, 5.74) is 0.961. The standard InChI is InChI=1S/C16H21FN2O/c1-3-14-16(20)19(10(2)11-4-5-11)15(18-14)12-6-8-13(17)9-7-12/h6-11,14-15,18H,3-5H2,1-2H3. The van der Waals surface area contributed by atoms with Crippen molar-refractivity contribution in [3.05, 3.63) is 35.6 Å². The van der Waals surface area contributed by atoms with Crippen LogP contribution in [0.2, 0.25) is 0 Å². The van der Waals surface area contributed by atoms with Crippen molar-refractivity contribution >= 4 is 5.91 Å². The third kappa shape index (κ3) is 2.33. The summed E-state index contributed by atoms with van der Waals surface area (Å²) in [6.45, 7) is 4.15. The summed E-state index contributed by atoms with van der Waals surface area (Å²) in [5.74, 6) is 0.562. The second-order valence-electron chi connectivity index (χ2n) is 5.91. The smallest absolute Gasteiger partial charge is 0.241 e. The van der Waals surface area contributed by atoms with E-state index in [0.29, 0.717) is 5.92 Å². The number of rotatable bonds is 4. The molecule has 20 heavy (non-hydrogen) atoms. The molecule has 1 aliphatic carbocycles. The fourth-order valence-corrected chi connectivity index (χ4v) is 3.09. The van der Waals surface area contributed by atoms with Gasteiger partial charge in [-0.15, -0.1) is 0 Å². The average molecular weight is 276 g/mol. The quantitative estimate of drug-likeness (QED) is 0.917. The van der Waals surface area contributed by atoms with Crippen molar-refractivity contribution in [2.45, 2.75) is 51.4 Å². The van der Waals surface area contributed by atoms with Crippen LogP contribution in [0.4, 0.5) is 4.39 Å². The molecule has 3 rings (SSSR count). The molecule has 1 saturated heterocycles. The maximum Gasteiger partial charge on any atom is 0.241 e. The van der Waals surface area contributed by atoms with Gasteiger partial charge in [0, 0.05) is 6.04 Å². The maximum absolute atomic E-state index is 13.1. The first-order valence-electron chi connectivity index (χ1n) is 7.45. The monoisotopic (exact) mass is 276 g/mol. The summed E-state index contributed by atoms with van der Waals surface area (Å²) in [4.78, 5) is 14.5. The minimum absolute atomic E-state index is 0.119. The summed E-state index contributed by atoms with van der Waals surface area (Å²) in [5, 5.41) is 3.39. The molecule has 1 aromatic carbocycles. The number of hydrogen-bond donors (Lipinski definition) is 1. The highest BCUT2D eigenvalue weighted by Gasteiger charge is 2.45. The van der Waals surface area contributed by atoms with Crippen LogP contribution in [0.3, 0.4) is 0 Å². The van der Waals surface area contributed by atoms with Crippen molar-refractivity contribution in [1.29, 1.82) is 0 Å². The van der Waals surface area contributed by atoms with E-state index in [-0.39, 0.29) is 30.0 Å². The van der Waals surface area contributed by atoms with E-state index in [1.165, 1.54) is 25.0 Å². The fraction of sp³-hybridized carbons (Fsp3) is 0.562. The first-order chi connectivity index (χ1) is 9.61. The van der Waals surface area contributed by atoms with Gasteiger partial charge in [-0.1, -0.05) is 19.1 Å². The lowest BCUT2D eigenvalue weighted by molar-refractivity contribution is -0.132. The minimum Gasteiger partial charge on any atom is -0.319 e. The highest BCUT2D eigenvalue weighted by molar-refractivity contribution is 5.84. The molecule has 0 bridgehead atoms. The highest BCUT2D eigenvalue weighted by atomic mass is 19.1.